The molecule has 1 aromatic rings. The van der Waals surface area contributed by atoms with Gasteiger partial charge in [-0.3, -0.25) is 0 Å². The Morgan fingerprint density at radius 2 is 2.07 bits per heavy atom. The SMILES string of the molecule is CCNC(=NCc1ccnc(OCC2CC2)c1)NC1CCN(C(=O)OCC)CC1. The Labute approximate surface area is 173 Å². The number of aliphatic imine (C=N–C) groups is 1. The fourth-order valence-electron chi connectivity index (χ4n) is 3.22. The van der Waals surface area contributed by atoms with E-state index in [0.29, 0.717) is 38.0 Å². The van der Waals surface area contributed by atoms with Crippen molar-refractivity contribution in [2.24, 2.45) is 10.9 Å². The van der Waals surface area contributed by atoms with Crippen LogP contribution in [0.25, 0.3) is 0 Å². The predicted molar refractivity (Wildman–Crippen MR) is 112 cm³/mol. The van der Waals surface area contributed by atoms with Gasteiger partial charge in [-0.15, -0.1) is 0 Å². The standard InChI is InChI=1S/C21H33N5O3/c1-3-22-20(25-18-8-11-26(12-9-18)21(27)28-4-2)24-14-17-7-10-23-19(13-17)29-15-16-5-6-16/h7,10,13,16,18H,3-6,8-9,11-12,14-15H2,1-2H3,(H2,22,24,25). The van der Waals surface area contributed by atoms with E-state index in [-0.39, 0.29) is 12.1 Å². The first-order valence-electron chi connectivity index (χ1n) is 10.7. The number of hydrogen-bond donors (Lipinski definition) is 2. The van der Waals surface area contributed by atoms with Crippen molar-refractivity contribution in [3.8, 4) is 5.88 Å². The number of ether oxygens (including phenoxy) is 2. The molecule has 1 saturated heterocycles. The van der Waals surface area contributed by atoms with Gasteiger partial charge in [-0.1, -0.05) is 0 Å². The number of piperidine rings is 1. The molecule has 8 heteroatoms. The smallest absolute Gasteiger partial charge is 0.409 e. The number of guanidine groups is 1. The molecule has 0 radical (unpaired) electrons. The minimum atomic E-state index is -0.219. The Hall–Kier alpha value is -2.51. The van der Waals surface area contributed by atoms with Crippen LogP contribution in [0.3, 0.4) is 0 Å². The minimum absolute atomic E-state index is 0.219. The molecule has 2 heterocycles. The van der Waals surface area contributed by atoms with Crippen LogP contribution < -0.4 is 15.4 Å². The van der Waals surface area contributed by atoms with Gasteiger partial charge in [-0.2, -0.15) is 0 Å². The average Bonchev–Trinajstić information content (AvgIpc) is 3.56. The zero-order valence-electron chi connectivity index (χ0n) is 17.5. The molecular formula is C21H33N5O3. The number of carbonyl (C=O) groups excluding carboxylic acids is 1. The molecule has 0 spiro atoms. The van der Waals surface area contributed by atoms with Crippen molar-refractivity contribution in [1.29, 1.82) is 0 Å². The van der Waals surface area contributed by atoms with Crippen LogP contribution >= 0.6 is 0 Å². The summed E-state index contributed by atoms with van der Waals surface area (Å²) in [6, 6.07) is 4.22. The van der Waals surface area contributed by atoms with E-state index in [9.17, 15) is 4.79 Å². The first-order valence-corrected chi connectivity index (χ1v) is 10.7. The molecule has 1 amide bonds. The molecule has 29 heavy (non-hydrogen) atoms. The van der Waals surface area contributed by atoms with Crippen LogP contribution in [0.1, 0.15) is 45.1 Å². The van der Waals surface area contributed by atoms with Crippen molar-refractivity contribution in [2.45, 2.75) is 52.1 Å². The molecule has 1 saturated carbocycles. The number of carbonyl (C=O) groups is 1. The van der Waals surface area contributed by atoms with Gasteiger partial charge in [0.25, 0.3) is 0 Å². The quantitative estimate of drug-likeness (QED) is 0.512. The minimum Gasteiger partial charge on any atom is -0.477 e. The topological polar surface area (TPSA) is 88.1 Å². The lowest BCUT2D eigenvalue weighted by atomic mass is 10.1. The lowest BCUT2D eigenvalue weighted by Crippen LogP contribution is -2.49. The maximum absolute atomic E-state index is 11.8. The summed E-state index contributed by atoms with van der Waals surface area (Å²) in [6.07, 6.45) is 5.83. The molecule has 160 valence electrons. The maximum Gasteiger partial charge on any atom is 0.409 e. The summed E-state index contributed by atoms with van der Waals surface area (Å²) in [7, 11) is 0. The molecule has 0 aromatic carbocycles. The Balaban J connectivity index is 1.49. The van der Waals surface area contributed by atoms with E-state index in [0.717, 1.165) is 37.5 Å². The first-order chi connectivity index (χ1) is 14.2. The zero-order chi connectivity index (χ0) is 20.5. The summed E-state index contributed by atoms with van der Waals surface area (Å²) in [5.41, 5.74) is 1.07. The van der Waals surface area contributed by atoms with Crippen LogP contribution in [-0.2, 0) is 11.3 Å². The Bertz CT molecular complexity index is 685. The number of amides is 1. The van der Waals surface area contributed by atoms with Crippen molar-refractivity contribution in [2.75, 3.05) is 32.8 Å². The fourth-order valence-corrected chi connectivity index (χ4v) is 3.22. The zero-order valence-corrected chi connectivity index (χ0v) is 17.5. The number of aromatic nitrogens is 1. The number of rotatable bonds is 8. The Morgan fingerprint density at radius 1 is 1.28 bits per heavy atom. The normalized spacial score (nSPS) is 17.7. The third-order valence-corrected chi connectivity index (χ3v) is 5.09. The van der Waals surface area contributed by atoms with E-state index in [1.54, 1.807) is 11.1 Å². The van der Waals surface area contributed by atoms with E-state index < -0.39 is 0 Å². The molecule has 2 fully saturated rings. The lowest BCUT2D eigenvalue weighted by Gasteiger charge is -2.32. The van der Waals surface area contributed by atoms with Crippen LogP contribution in [0.2, 0.25) is 0 Å². The van der Waals surface area contributed by atoms with Crippen LogP contribution in [0.4, 0.5) is 4.79 Å². The van der Waals surface area contributed by atoms with E-state index >= 15 is 0 Å². The summed E-state index contributed by atoms with van der Waals surface area (Å²) >= 11 is 0. The highest BCUT2D eigenvalue weighted by molar-refractivity contribution is 5.80. The van der Waals surface area contributed by atoms with E-state index in [1.165, 1.54) is 12.8 Å². The predicted octanol–water partition coefficient (Wildman–Crippen LogP) is 2.55. The second-order valence-corrected chi connectivity index (χ2v) is 7.56. The molecule has 0 atom stereocenters. The van der Waals surface area contributed by atoms with E-state index in [4.69, 9.17) is 14.5 Å². The van der Waals surface area contributed by atoms with Gasteiger partial charge in [0.2, 0.25) is 5.88 Å². The number of nitrogens with zero attached hydrogens (tertiary/aromatic N) is 3. The van der Waals surface area contributed by atoms with Crippen molar-refractivity contribution in [1.82, 2.24) is 20.5 Å². The summed E-state index contributed by atoms with van der Waals surface area (Å²) < 4.78 is 10.8. The van der Waals surface area contributed by atoms with Gasteiger partial charge in [-0.25, -0.2) is 14.8 Å². The molecule has 0 unspecified atom stereocenters. The van der Waals surface area contributed by atoms with Gasteiger partial charge in [0.05, 0.1) is 19.8 Å². The fraction of sp³-hybridized carbons (Fsp3) is 0.667. The molecule has 2 N–H and O–H groups in total. The van der Waals surface area contributed by atoms with Crippen molar-refractivity contribution >= 4 is 12.1 Å². The third-order valence-electron chi connectivity index (χ3n) is 5.09. The Kier molecular flexibility index (Phi) is 7.95. The van der Waals surface area contributed by atoms with Gasteiger partial charge < -0.3 is 25.0 Å². The molecule has 1 aliphatic heterocycles. The monoisotopic (exact) mass is 403 g/mol. The van der Waals surface area contributed by atoms with Crippen molar-refractivity contribution in [3.05, 3.63) is 23.9 Å². The van der Waals surface area contributed by atoms with Gasteiger partial charge in [-0.05, 0) is 57.1 Å². The van der Waals surface area contributed by atoms with Gasteiger partial charge in [0.15, 0.2) is 5.96 Å². The molecule has 3 rings (SSSR count). The molecule has 0 bridgehead atoms. The molecule has 1 aromatic heterocycles. The van der Waals surface area contributed by atoms with Gasteiger partial charge >= 0.3 is 6.09 Å². The van der Waals surface area contributed by atoms with Gasteiger partial charge in [0.1, 0.15) is 0 Å². The molecule has 2 aliphatic rings. The summed E-state index contributed by atoms with van der Waals surface area (Å²) in [6.45, 7) is 7.79. The van der Waals surface area contributed by atoms with Crippen LogP contribution in [0.15, 0.2) is 23.3 Å². The van der Waals surface area contributed by atoms with Crippen LogP contribution in [0.5, 0.6) is 5.88 Å². The molecule has 8 nitrogen and oxygen atoms in total. The summed E-state index contributed by atoms with van der Waals surface area (Å²) in [5, 5.41) is 6.80. The first kappa shape index (κ1) is 21.2. The highest BCUT2D eigenvalue weighted by atomic mass is 16.6. The lowest BCUT2D eigenvalue weighted by molar-refractivity contribution is 0.0963. The third kappa shape index (κ3) is 7.11. The second kappa shape index (κ2) is 10.9. The number of likely N-dealkylation sites (tertiary alicyclic amines) is 1. The highest BCUT2D eigenvalue weighted by Gasteiger charge is 2.24. The number of pyridine rings is 1. The van der Waals surface area contributed by atoms with Crippen molar-refractivity contribution < 1.29 is 14.3 Å². The molecular weight excluding hydrogens is 370 g/mol. The molecule has 1 aliphatic carbocycles. The number of nitrogens with one attached hydrogen (secondary N) is 2. The van der Waals surface area contributed by atoms with Crippen molar-refractivity contribution in [3.63, 3.8) is 0 Å². The van der Waals surface area contributed by atoms with E-state index in [1.807, 2.05) is 19.1 Å². The summed E-state index contributed by atoms with van der Waals surface area (Å²) in [5.74, 6) is 2.17. The Morgan fingerprint density at radius 3 is 2.76 bits per heavy atom. The van der Waals surface area contributed by atoms with Crippen LogP contribution in [-0.4, -0.2) is 60.8 Å². The summed E-state index contributed by atoms with van der Waals surface area (Å²) in [4.78, 5) is 22.6. The number of hydrogen-bond acceptors (Lipinski definition) is 5. The van der Waals surface area contributed by atoms with E-state index in [2.05, 4.69) is 22.5 Å². The maximum atomic E-state index is 11.8. The highest BCUT2D eigenvalue weighted by Crippen LogP contribution is 2.29. The largest absolute Gasteiger partial charge is 0.477 e. The second-order valence-electron chi connectivity index (χ2n) is 7.56. The van der Waals surface area contributed by atoms with Crippen LogP contribution in [0, 0.1) is 5.92 Å². The van der Waals surface area contributed by atoms with Gasteiger partial charge in [0, 0.05) is 37.9 Å². The average molecular weight is 404 g/mol.